The first-order valence-electron chi connectivity index (χ1n) is 8.58. The number of fused-ring (bicyclic) bond motifs is 1. The molecule has 1 aliphatic rings. The van der Waals surface area contributed by atoms with Crippen molar-refractivity contribution < 1.29 is 9.53 Å². The molecule has 4 rings (SSSR count). The first-order chi connectivity index (χ1) is 13.1. The fourth-order valence-electron chi connectivity index (χ4n) is 3.06. The number of aromatic nitrogens is 1. The lowest BCUT2D eigenvalue weighted by Gasteiger charge is -2.22. The van der Waals surface area contributed by atoms with Gasteiger partial charge in [0.15, 0.2) is 5.13 Å². The first-order valence-corrected chi connectivity index (χ1v) is 9.77. The Morgan fingerprint density at radius 2 is 2.11 bits per heavy atom. The van der Waals surface area contributed by atoms with E-state index in [1.807, 2.05) is 55.6 Å². The summed E-state index contributed by atoms with van der Waals surface area (Å²) >= 11 is 7.49. The second-order valence-corrected chi connectivity index (χ2v) is 7.74. The minimum atomic E-state index is -0.0209. The molecule has 1 aromatic heterocycles. The van der Waals surface area contributed by atoms with Crippen LogP contribution >= 0.6 is 22.9 Å². The van der Waals surface area contributed by atoms with Crippen LogP contribution < -0.4 is 15.4 Å². The summed E-state index contributed by atoms with van der Waals surface area (Å²) in [6.07, 6.45) is 0.402. The third kappa shape index (κ3) is 3.91. The topological polar surface area (TPSA) is 63.3 Å². The maximum Gasteiger partial charge on any atom is 0.226 e. The van der Waals surface area contributed by atoms with Crippen LogP contribution in [0.15, 0.2) is 48.5 Å². The average molecular weight is 400 g/mol. The van der Waals surface area contributed by atoms with Gasteiger partial charge in [0.1, 0.15) is 18.2 Å². The minimum Gasteiger partial charge on any atom is -0.489 e. The van der Waals surface area contributed by atoms with Gasteiger partial charge in [-0.25, -0.2) is 4.98 Å². The van der Waals surface area contributed by atoms with Crippen molar-refractivity contribution in [3.63, 3.8) is 0 Å². The lowest BCUT2D eigenvalue weighted by Crippen LogP contribution is -2.22. The average Bonchev–Trinajstić information content (AvgIpc) is 3.10. The highest BCUT2D eigenvalue weighted by Crippen LogP contribution is 2.42. The highest BCUT2D eigenvalue weighted by molar-refractivity contribution is 7.16. The van der Waals surface area contributed by atoms with Crippen molar-refractivity contribution in [3.8, 4) is 5.75 Å². The molecule has 0 bridgehead atoms. The summed E-state index contributed by atoms with van der Waals surface area (Å²) in [5.74, 6) is 1.38. The lowest BCUT2D eigenvalue weighted by molar-refractivity contribution is -0.116. The molecule has 1 aliphatic heterocycles. The van der Waals surface area contributed by atoms with Crippen LogP contribution in [-0.4, -0.2) is 17.9 Å². The smallest absolute Gasteiger partial charge is 0.226 e. The molecule has 138 valence electrons. The van der Waals surface area contributed by atoms with E-state index in [0.717, 1.165) is 26.9 Å². The van der Waals surface area contributed by atoms with E-state index in [9.17, 15) is 4.79 Å². The van der Waals surface area contributed by atoms with Crippen molar-refractivity contribution in [2.75, 3.05) is 17.7 Å². The predicted molar refractivity (Wildman–Crippen MR) is 109 cm³/mol. The van der Waals surface area contributed by atoms with Crippen molar-refractivity contribution in [1.82, 2.24) is 4.98 Å². The van der Waals surface area contributed by atoms with Gasteiger partial charge in [-0.2, -0.15) is 0 Å². The molecule has 1 atom stereocenters. The Kier molecular flexibility index (Phi) is 5.01. The van der Waals surface area contributed by atoms with Gasteiger partial charge in [-0.05, 0) is 35.4 Å². The highest BCUT2D eigenvalue weighted by Gasteiger charge is 2.30. The van der Waals surface area contributed by atoms with E-state index in [1.165, 1.54) is 0 Å². The molecule has 0 spiro atoms. The summed E-state index contributed by atoms with van der Waals surface area (Å²) in [7, 11) is 1.83. The molecule has 0 radical (unpaired) electrons. The highest BCUT2D eigenvalue weighted by atomic mass is 35.5. The van der Waals surface area contributed by atoms with Gasteiger partial charge in [-0.15, -0.1) is 0 Å². The molecule has 0 saturated carbocycles. The summed E-state index contributed by atoms with van der Waals surface area (Å²) in [5, 5.41) is 7.41. The van der Waals surface area contributed by atoms with Crippen molar-refractivity contribution in [1.29, 1.82) is 0 Å². The summed E-state index contributed by atoms with van der Waals surface area (Å²) in [6.45, 7) is 0.460. The minimum absolute atomic E-state index is 0.0204. The normalized spacial score (nSPS) is 15.8. The van der Waals surface area contributed by atoms with Gasteiger partial charge in [-0.3, -0.25) is 4.79 Å². The Bertz CT molecular complexity index is 972. The zero-order chi connectivity index (χ0) is 18.8. The van der Waals surface area contributed by atoms with Crippen LogP contribution in [0.25, 0.3) is 0 Å². The van der Waals surface area contributed by atoms with Gasteiger partial charge in [0, 0.05) is 24.4 Å². The fourth-order valence-corrected chi connectivity index (χ4v) is 4.19. The molecule has 1 amide bonds. The van der Waals surface area contributed by atoms with Gasteiger partial charge in [-0.1, -0.05) is 47.2 Å². The molecular weight excluding hydrogens is 382 g/mol. The number of hydrogen-bond acceptors (Lipinski definition) is 5. The van der Waals surface area contributed by atoms with E-state index in [0.29, 0.717) is 23.9 Å². The van der Waals surface area contributed by atoms with Gasteiger partial charge < -0.3 is 15.4 Å². The molecule has 2 aromatic carbocycles. The number of carbonyl (C=O) groups excluding carboxylic acids is 1. The van der Waals surface area contributed by atoms with Crippen LogP contribution in [-0.2, 0) is 11.4 Å². The van der Waals surface area contributed by atoms with Gasteiger partial charge in [0.05, 0.1) is 4.88 Å². The number of ether oxygens (including phenoxy) is 1. The number of benzene rings is 2. The zero-order valence-corrected chi connectivity index (χ0v) is 16.2. The Balaban J connectivity index is 1.56. The number of halogens is 1. The number of nitrogens with one attached hydrogen (secondary N) is 2. The van der Waals surface area contributed by atoms with E-state index >= 15 is 0 Å². The van der Waals surface area contributed by atoms with Gasteiger partial charge in [0.25, 0.3) is 0 Å². The molecular formula is C20H18ClN3O2S. The van der Waals surface area contributed by atoms with Crippen molar-refractivity contribution >= 4 is 39.8 Å². The summed E-state index contributed by atoms with van der Waals surface area (Å²) in [4.78, 5) is 17.6. The second kappa shape index (κ2) is 7.58. The molecule has 7 heteroatoms. The predicted octanol–water partition coefficient (Wildman–Crippen LogP) is 4.89. The molecule has 2 heterocycles. The van der Waals surface area contributed by atoms with Crippen LogP contribution in [0.3, 0.4) is 0 Å². The van der Waals surface area contributed by atoms with E-state index in [-0.39, 0.29) is 11.8 Å². The van der Waals surface area contributed by atoms with Gasteiger partial charge in [0.2, 0.25) is 5.91 Å². The molecule has 5 nitrogen and oxygen atoms in total. The third-order valence-corrected chi connectivity index (χ3v) is 5.85. The van der Waals surface area contributed by atoms with E-state index in [4.69, 9.17) is 16.3 Å². The lowest BCUT2D eigenvalue weighted by atomic mass is 9.91. The number of anilines is 2. The summed E-state index contributed by atoms with van der Waals surface area (Å²) in [5.41, 5.74) is 2.09. The van der Waals surface area contributed by atoms with Crippen molar-refractivity contribution in [3.05, 3.63) is 69.6 Å². The number of thiazole rings is 1. The first kappa shape index (κ1) is 17.8. The van der Waals surface area contributed by atoms with E-state index in [2.05, 4.69) is 15.6 Å². The Labute approximate surface area is 166 Å². The number of hydrogen-bond donors (Lipinski definition) is 2. The monoisotopic (exact) mass is 399 g/mol. The summed E-state index contributed by atoms with van der Waals surface area (Å²) < 4.78 is 5.94. The molecule has 2 N–H and O–H groups in total. The van der Waals surface area contributed by atoms with Crippen LogP contribution in [0.2, 0.25) is 5.02 Å². The van der Waals surface area contributed by atoms with E-state index < -0.39 is 0 Å². The van der Waals surface area contributed by atoms with Crippen molar-refractivity contribution in [2.45, 2.75) is 18.9 Å². The van der Waals surface area contributed by atoms with E-state index in [1.54, 1.807) is 11.3 Å². The van der Waals surface area contributed by atoms with Crippen LogP contribution in [0, 0.1) is 0 Å². The number of rotatable bonds is 5. The molecule has 3 aromatic rings. The number of carbonyl (C=O) groups is 1. The second-order valence-electron chi connectivity index (χ2n) is 6.27. The maximum absolute atomic E-state index is 12.1. The zero-order valence-electron chi connectivity index (χ0n) is 14.7. The number of nitrogens with zero attached hydrogens (tertiary/aromatic N) is 1. The Hall–Kier alpha value is -2.57. The quantitative estimate of drug-likeness (QED) is 0.641. The third-order valence-electron chi connectivity index (χ3n) is 4.41. The molecule has 0 fully saturated rings. The van der Waals surface area contributed by atoms with Crippen LogP contribution in [0.4, 0.5) is 10.9 Å². The number of amides is 1. The Morgan fingerprint density at radius 1 is 1.30 bits per heavy atom. The maximum atomic E-state index is 12.1. The summed E-state index contributed by atoms with van der Waals surface area (Å²) in [6, 6.07) is 15.5. The fraction of sp³-hybridized carbons (Fsp3) is 0.200. The molecule has 27 heavy (non-hydrogen) atoms. The van der Waals surface area contributed by atoms with Crippen LogP contribution in [0.5, 0.6) is 5.75 Å². The Morgan fingerprint density at radius 3 is 2.89 bits per heavy atom. The SMILES string of the molecule is CNc1nc2c(s1)[C@H](c1cccc(OCc3ccc(Cl)cc3)c1)CC(=O)N2. The van der Waals surface area contributed by atoms with Gasteiger partial charge >= 0.3 is 0 Å². The standard InChI is InChI=1S/C20H18ClN3O2S/c1-22-20-24-19-18(27-20)16(10-17(25)23-19)13-3-2-4-15(9-13)26-11-12-5-7-14(21)8-6-12/h2-9,16H,10-11H2,1H3,(H,22,24)(H,23,25)/t16-/m0/s1. The largest absolute Gasteiger partial charge is 0.489 e. The van der Waals surface area contributed by atoms with Crippen molar-refractivity contribution in [2.24, 2.45) is 0 Å². The molecule has 0 unspecified atom stereocenters. The molecule has 0 aliphatic carbocycles. The van der Waals surface area contributed by atoms with Crippen LogP contribution in [0.1, 0.15) is 28.3 Å². The molecule has 0 saturated heterocycles.